The molecule has 96 valence electrons. The van der Waals surface area contributed by atoms with E-state index in [1.807, 2.05) is 0 Å². The number of nitrogens with two attached hydrogens (primary N) is 1. The standard InChI is InChI=1S/C13H12FN5/c1-19-13(15)11(8-2-4-10(14)5-3-8)12(18-19)9-6-16-17-7-9/h2-7H,15H2,1H3,(H,16,17). The Balaban J connectivity index is 2.22. The van der Waals surface area contributed by atoms with Gasteiger partial charge in [0.2, 0.25) is 0 Å². The molecule has 0 aliphatic carbocycles. The van der Waals surface area contributed by atoms with E-state index in [-0.39, 0.29) is 5.82 Å². The summed E-state index contributed by atoms with van der Waals surface area (Å²) in [6.45, 7) is 0. The number of aromatic nitrogens is 4. The maximum absolute atomic E-state index is 13.0. The van der Waals surface area contributed by atoms with Crippen LogP contribution in [0, 0.1) is 5.82 Å². The first-order valence-electron chi connectivity index (χ1n) is 5.74. The molecule has 3 rings (SSSR count). The highest BCUT2D eigenvalue weighted by molar-refractivity contribution is 5.87. The fourth-order valence-corrected chi connectivity index (χ4v) is 2.02. The van der Waals surface area contributed by atoms with Gasteiger partial charge in [-0.05, 0) is 17.7 Å². The fraction of sp³-hybridized carbons (Fsp3) is 0.0769. The van der Waals surface area contributed by atoms with Crippen molar-refractivity contribution < 1.29 is 4.39 Å². The highest BCUT2D eigenvalue weighted by Crippen LogP contribution is 2.35. The number of nitrogens with one attached hydrogen (secondary N) is 1. The quantitative estimate of drug-likeness (QED) is 0.739. The van der Waals surface area contributed by atoms with E-state index in [1.54, 1.807) is 36.3 Å². The third kappa shape index (κ3) is 1.87. The molecular weight excluding hydrogens is 245 g/mol. The van der Waals surface area contributed by atoms with Crippen LogP contribution in [0.1, 0.15) is 0 Å². The number of nitrogens with zero attached hydrogens (tertiary/aromatic N) is 3. The van der Waals surface area contributed by atoms with Gasteiger partial charge in [-0.3, -0.25) is 9.78 Å². The van der Waals surface area contributed by atoms with E-state index in [0.29, 0.717) is 5.82 Å². The van der Waals surface area contributed by atoms with Crippen LogP contribution >= 0.6 is 0 Å². The van der Waals surface area contributed by atoms with Crippen molar-refractivity contribution in [2.75, 3.05) is 5.73 Å². The second-order valence-electron chi connectivity index (χ2n) is 4.23. The third-order valence-corrected chi connectivity index (χ3v) is 3.00. The Morgan fingerprint density at radius 2 is 1.95 bits per heavy atom. The van der Waals surface area contributed by atoms with Gasteiger partial charge in [-0.1, -0.05) is 12.1 Å². The van der Waals surface area contributed by atoms with Crippen LogP contribution < -0.4 is 5.73 Å². The molecule has 0 spiro atoms. The summed E-state index contributed by atoms with van der Waals surface area (Å²) in [6, 6.07) is 6.18. The predicted octanol–water partition coefficient (Wildman–Crippen LogP) is 2.20. The molecule has 19 heavy (non-hydrogen) atoms. The molecule has 3 aromatic rings. The van der Waals surface area contributed by atoms with Crippen LogP contribution in [0.2, 0.25) is 0 Å². The number of nitrogen functional groups attached to an aromatic ring is 1. The average Bonchev–Trinajstić information content (AvgIpc) is 3.01. The lowest BCUT2D eigenvalue weighted by Gasteiger charge is -2.03. The van der Waals surface area contributed by atoms with Crippen molar-refractivity contribution in [3.05, 3.63) is 42.5 Å². The van der Waals surface area contributed by atoms with Crippen LogP contribution in [0.4, 0.5) is 10.2 Å². The van der Waals surface area contributed by atoms with Gasteiger partial charge >= 0.3 is 0 Å². The number of hydrogen-bond acceptors (Lipinski definition) is 3. The highest BCUT2D eigenvalue weighted by Gasteiger charge is 2.17. The Hall–Kier alpha value is -2.63. The number of aromatic amines is 1. The number of anilines is 1. The largest absolute Gasteiger partial charge is 0.383 e. The zero-order valence-corrected chi connectivity index (χ0v) is 10.3. The first-order valence-corrected chi connectivity index (χ1v) is 5.74. The van der Waals surface area contributed by atoms with Crippen LogP contribution in [0.15, 0.2) is 36.7 Å². The van der Waals surface area contributed by atoms with E-state index in [1.165, 1.54) is 12.1 Å². The fourth-order valence-electron chi connectivity index (χ4n) is 2.02. The average molecular weight is 257 g/mol. The van der Waals surface area contributed by atoms with E-state index in [2.05, 4.69) is 15.3 Å². The van der Waals surface area contributed by atoms with Crippen molar-refractivity contribution >= 4 is 5.82 Å². The van der Waals surface area contributed by atoms with Gasteiger partial charge in [-0.25, -0.2) is 4.39 Å². The number of hydrogen-bond donors (Lipinski definition) is 2. The van der Waals surface area contributed by atoms with Gasteiger partial charge in [0.15, 0.2) is 0 Å². The lowest BCUT2D eigenvalue weighted by Crippen LogP contribution is -1.97. The maximum Gasteiger partial charge on any atom is 0.129 e. The van der Waals surface area contributed by atoms with E-state index in [0.717, 1.165) is 22.4 Å². The van der Waals surface area contributed by atoms with Gasteiger partial charge in [-0.2, -0.15) is 10.2 Å². The molecule has 6 heteroatoms. The summed E-state index contributed by atoms with van der Waals surface area (Å²) in [5.74, 6) is 0.249. The molecule has 0 aliphatic heterocycles. The molecule has 0 bridgehead atoms. The summed E-state index contributed by atoms with van der Waals surface area (Å²) in [7, 11) is 1.77. The zero-order chi connectivity index (χ0) is 13.4. The van der Waals surface area contributed by atoms with Crippen LogP contribution in [0.25, 0.3) is 22.4 Å². The van der Waals surface area contributed by atoms with Gasteiger partial charge in [0.05, 0.1) is 11.8 Å². The van der Waals surface area contributed by atoms with Crippen LogP contribution in [0.3, 0.4) is 0 Å². The van der Waals surface area contributed by atoms with E-state index < -0.39 is 0 Å². The molecule has 0 saturated carbocycles. The Kier molecular flexibility index (Phi) is 2.56. The zero-order valence-electron chi connectivity index (χ0n) is 10.3. The summed E-state index contributed by atoms with van der Waals surface area (Å²) < 4.78 is 14.6. The summed E-state index contributed by atoms with van der Waals surface area (Å²) >= 11 is 0. The molecule has 1 aromatic carbocycles. The van der Waals surface area contributed by atoms with Crippen molar-refractivity contribution in [1.29, 1.82) is 0 Å². The smallest absolute Gasteiger partial charge is 0.129 e. The molecule has 0 fully saturated rings. The van der Waals surface area contributed by atoms with E-state index in [4.69, 9.17) is 5.73 Å². The van der Waals surface area contributed by atoms with E-state index in [9.17, 15) is 4.39 Å². The molecule has 0 amide bonds. The van der Waals surface area contributed by atoms with Crippen molar-refractivity contribution in [3.8, 4) is 22.4 Å². The molecule has 3 N–H and O–H groups in total. The van der Waals surface area contributed by atoms with Crippen LogP contribution in [-0.4, -0.2) is 20.0 Å². The molecule has 0 radical (unpaired) electrons. The first-order chi connectivity index (χ1) is 9.16. The Bertz CT molecular complexity index is 697. The first kappa shape index (κ1) is 11.5. The minimum absolute atomic E-state index is 0.281. The predicted molar refractivity (Wildman–Crippen MR) is 70.6 cm³/mol. The van der Waals surface area contributed by atoms with Gasteiger partial charge in [-0.15, -0.1) is 0 Å². The Morgan fingerprint density at radius 1 is 1.21 bits per heavy atom. The van der Waals surface area contributed by atoms with Crippen molar-refractivity contribution in [3.63, 3.8) is 0 Å². The van der Waals surface area contributed by atoms with Crippen molar-refractivity contribution in [2.24, 2.45) is 7.05 Å². The SMILES string of the molecule is Cn1nc(-c2cn[nH]c2)c(-c2ccc(F)cc2)c1N. The van der Waals surface area contributed by atoms with Crippen molar-refractivity contribution in [1.82, 2.24) is 20.0 Å². The molecular formula is C13H12FN5. The molecule has 0 atom stereocenters. The number of benzene rings is 1. The number of aryl methyl sites for hydroxylation is 1. The van der Waals surface area contributed by atoms with Gasteiger partial charge in [0.25, 0.3) is 0 Å². The highest BCUT2D eigenvalue weighted by atomic mass is 19.1. The normalized spacial score (nSPS) is 10.8. The molecule has 0 unspecified atom stereocenters. The van der Waals surface area contributed by atoms with Crippen LogP contribution in [-0.2, 0) is 7.05 Å². The Labute approximate surface area is 108 Å². The third-order valence-electron chi connectivity index (χ3n) is 3.00. The van der Waals surface area contributed by atoms with Crippen molar-refractivity contribution in [2.45, 2.75) is 0 Å². The number of rotatable bonds is 2. The lowest BCUT2D eigenvalue weighted by atomic mass is 10.0. The molecule has 2 aromatic heterocycles. The number of halogens is 1. The van der Waals surface area contributed by atoms with Crippen LogP contribution in [0.5, 0.6) is 0 Å². The van der Waals surface area contributed by atoms with E-state index >= 15 is 0 Å². The minimum Gasteiger partial charge on any atom is -0.383 e. The van der Waals surface area contributed by atoms with Gasteiger partial charge < -0.3 is 5.73 Å². The summed E-state index contributed by atoms with van der Waals surface area (Å²) in [4.78, 5) is 0. The topological polar surface area (TPSA) is 72.5 Å². The summed E-state index contributed by atoms with van der Waals surface area (Å²) in [5, 5.41) is 11.0. The molecule has 0 aliphatic rings. The van der Waals surface area contributed by atoms with Gasteiger partial charge in [0, 0.05) is 18.8 Å². The monoisotopic (exact) mass is 257 g/mol. The molecule has 0 saturated heterocycles. The van der Waals surface area contributed by atoms with Gasteiger partial charge in [0.1, 0.15) is 17.3 Å². The minimum atomic E-state index is -0.281. The molecule has 2 heterocycles. The second-order valence-corrected chi connectivity index (χ2v) is 4.23. The lowest BCUT2D eigenvalue weighted by molar-refractivity contribution is 0.628. The summed E-state index contributed by atoms with van der Waals surface area (Å²) in [5.41, 5.74) is 9.22. The molecule has 5 nitrogen and oxygen atoms in total. The number of H-pyrrole nitrogens is 1. The Morgan fingerprint density at radius 3 is 2.58 bits per heavy atom. The maximum atomic E-state index is 13.0. The second kappa shape index (κ2) is 4.24. The summed E-state index contributed by atoms with van der Waals surface area (Å²) in [6.07, 6.45) is 3.42.